The number of benzene rings is 1. The third-order valence-corrected chi connectivity index (χ3v) is 3.09. The molecule has 0 spiro atoms. The van der Waals surface area contributed by atoms with Gasteiger partial charge in [-0.25, -0.2) is 4.79 Å². The first kappa shape index (κ1) is 9.46. The first-order valence-corrected chi connectivity index (χ1v) is 5.23. The normalized spacial score (nSPS) is 21.3. The lowest BCUT2D eigenvalue weighted by Gasteiger charge is -1.99. The second-order valence-corrected chi connectivity index (χ2v) is 3.98. The van der Waals surface area contributed by atoms with E-state index in [-0.39, 0.29) is 11.0 Å². The predicted molar refractivity (Wildman–Crippen MR) is 57.8 cm³/mol. The van der Waals surface area contributed by atoms with Gasteiger partial charge in [0, 0.05) is 0 Å². The van der Waals surface area contributed by atoms with Gasteiger partial charge in [-0.2, -0.15) is 0 Å². The monoisotopic (exact) mass is 252 g/mol. The smallest absolute Gasteiger partial charge is 0.340 e. The van der Waals surface area contributed by atoms with Crippen LogP contribution in [0.3, 0.4) is 0 Å². The van der Waals surface area contributed by atoms with Gasteiger partial charge >= 0.3 is 5.97 Å². The topological polar surface area (TPSA) is 26.3 Å². The standard InChI is InChI=1S/C11H9BrO2/c1-7-9(11(13)14-10(7)12)8-5-3-2-4-6-8/h2-6,10H,1H3. The average Bonchev–Trinajstić information content (AvgIpc) is 2.43. The second kappa shape index (κ2) is 3.58. The van der Waals surface area contributed by atoms with Crippen molar-refractivity contribution in [1.82, 2.24) is 0 Å². The summed E-state index contributed by atoms with van der Waals surface area (Å²) < 4.78 is 5.04. The van der Waals surface area contributed by atoms with E-state index < -0.39 is 0 Å². The van der Waals surface area contributed by atoms with Crippen LogP contribution in [0.5, 0.6) is 0 Å². The first-order valence-electron chi connectivity index (χ1n) is 4.31. The van der Waals surface area contributed by atoms with Crippen molar-refractivity contribution in [2.75, 3.05) is 0 Å². The van der Waals surface area contributed by atoms with Crippen LogP contribution in [0.1, 0.15) is 12.5 Å². The minimum absolute atomic E-state index is 0.254. The van der Waals surface area contributed by atoms with Crippen molar-refractivity contribution in [2.45, 2.75) is 11.9 Å². The highest BCUT2D eigenvalue weighted by Gasteiger charge is 2.29. The van der Waals surface area contributed by atoms with Crippen LogP contribution < -0.4 is 0 Å². The fourth-order valence-corrected chi connectivity index (χ4v) is 1.86. The summed E-state index contributed by atoms with van der Waals surface area (Å²) in [5, 5.41) is -0.273. The van der Waals surface area contributed by atoms with Crippen molar-refractivity contribution in [3.63, 3.8) is 0 Å². The summed E-state index contributed by atoms with van der Waals surface area (Å²) in [7, 11) is 0. The fraction of sp³-hybridized carbons (Fsp3) is 0.182. The van der Waals surface area contributed by atoms with Crippen LogP contribution in [0.15, 0.2) is 35.9 Å². The van der Waals surface area contributed by atoms with E-state index in [0.717, 1.165) is 11.1 Å². The van der Waals surface area contributed by atoms with E-state index in [4.69, 9.17) is 4.74 Å². The zero-order valence-electron chi connectivity index (χ0n) is 7.66. The molecule has 0 bridgehead atoms. The Morgan fingerprint density at radius 2 is 1.93 bits per heavy atom. The van der Waals surface area contributed by atoms with Gasteiger partial charge in [-0.3, -0.25) is 0 Å². The van der Waals surface area contributed by atoms with Crippen LogP contribution in [0.4, 0.5) is 0 Å². The van der Waals surface area contributed by atoms with Crippen LogP contribution in [0, 0.1) is 0 Å². The molecular formula is C11H9BrO2. The highest BCUT2D eigenvalue weighted by atomic mass is 79.9. The van der Waals surface area contributed by atoms with Gasteiger partial charge in [-0.1, -0.05) is 30.3 Å². The van der Waals surface area contributed by atoms with E-state index in [1.54, 1.807) is 0 Å². The number of hydrogen-bond donors (Lipinski definition) is 0. The van der Waals surface area contributed by atoms with Gasteiger partial charge in [0.25, 0.3) is 0 Å². The molecule has 14 heavy (non-hydrogen) atoms. The lowest BCUT2D eigenvalue weighted by atomic mass is 10.0. The number of cyclic esters (lactones) is 1. The largest absolute Gasteiger partial charge is 0.442 e. The van der Waals surface area contributed by atoms with E-state index in [9.17, 15) is 4.79 Å². The van der Waals surface area contributed by atoms with Crippen molar-refractivity contribution < 1.29 is 9.53 Å². The number of rotatable bonds is 1. The molecule has 0 fully saturated rings. The lowest BCUT2D eigenvalue weighted by molar-refractivity contribution is -0.134. The number of carbonyl (C=O) groups is 1. The molecule has 1 atom stereocenters. The predicted octanol–water partition coefficient (Wildman–Crippen LogP) is 2.74. The molecular weight excluding hydrogens is 244 g/mol. The van der Waals surface area contributed by atoms with Gasteiger partial charge in [0.05, 0.1) is 5.57 Å². The van der Waals surface area contributed by atoms with E-state index in [0.29, 0.717) is 5.57 Å². The van der Waals surface area contributed by atoms with Gasteiger partial charge < -0.3 is 4.74 Å². The highest BCUT2D eigenvalue weighted by Crippen LogP contribution is 2.32. The molecule has 0 saturated carbocycles. The highest BCUT2D eigenvalue weighted by molar-refractivity contribution is 9.09. The van der Waals surface area contributed by atoms with Crippen molar-refractivity contribution in [3.05, 3.63) is 41.5 Å². The zero-order valence-corrected chi connectivity index (χ0v) is 9.24. The maximum absolute atomic E-state index is 11.5. The molecule has 2 rings (SSSR count). The fourth-order valence-electron chi connectivity index (χ4n) is 1.47. The number of halogens is 1. The minimum Gasteiger partial charge on any atom is -0.442 e. The molecule has 1 aliphatic rings. The van der Waals surface area contributed by atoms with Gasteiger partial charge in [0.2, 0.25) is 0 Å². The van der Waals surface area contributed by atoms with Gasteiger partial charge in [0.15, 0.2) is 5.01 Å². The molecule has 0 amide bonds. The first-order chi connectivity index (χ1) is 6.70. The van der Waals surface area contributed by atoms with Crippen LogP contribution in [-0.2, 0) is 9.53 Å². The lowest BCUT2D eigenvalue weighted by Crippen LogP contribution is -2.01. The van der Waals surface area contributed by atoms with Crippen molar-refractivity contribution in [1.29, 1.82) is 0 Å². The Bertz CT molecular complexity index is 395. The second-order valence-electron chi connectivity index (χ2n) is 3.15. The maximum atomic E-state index is 11.5. The zero-order chi connectivity index (χ0) is 10.1. The summed E-state index contributed by atoms with van der Waals surface area (Å²) in [5.41, 5.74) is 2.52. The van der Waals surface area contributed by atoms with Crippen molar-refractivity contribution in [3.8, 4) is 0 Å². The number of ether oxygens (including phenoxy) is 1. The van der Waals surface area contributed by atoms with Gasteiger partial charge in [-0.15, -0.1) is 0 Å². The molecule has 2 nitrogen and oxygen atoms in total. The summed E-state index contributed by atoms with van der Waals surface area (Å²) in [4.78, 5) is 11.5. The summed E-state index contributed by atoms with van der Waals surface area (Å²) in [5.74, 6) is -0.254. The molecule has 3 heteroatoms. The Balaban J connectivity index is 2.49. The maximum Gasteiger partial charge on any atom is 0.340 e. The molecule has 0 N–H and O–H groups in total. The molecule has 0 saturated heterocycles. The average molecular weight is 253 g/mol. The Hall–Kier alpha value is -1.09. The Labute approximate surface area is 90.7 Å². The number of esters is 1. The summed E-state index contributed by atoms with van der Waals surface area (Å²) in [6.45, 7) is 1.90. The van der Waals surface area contributed by atoms with Gasteiger partial charge in [0.1, 0.15) is 0 Å². The van der Waals surface area contributed by atoms with Crippen LogP contribution >= 0.6 is 15.9 Å². The molecule has 1 heterocycles. The molecule has 0 aliphatic carbocycles. The van der Waals surface area contributed by atoms with Crippen LogP contribution in [0.2, 0.25) is 0 Å². The van der Waals surface area contributed by atoms with E-state index in [1.807, 2.05) is 37.3 Å². The van der Waals surface area contributed by atoms with E-state index in [1.165, 1.54) is 0 Å². The summed E-state index contributed by atoms with van der Waals surface area (Å²) >= 11 is 3.28. The summed E-state index contributed by atoms with van der Waals surface area (Å²) in [6.07, 6.45) is 0. The van der Waals surface area contributed by atoms with Gasteiger partial charge in [-0.05, 0) is 34.0 Å². The molecule has 1 unspecified atom stereocenters. The molecule has 1 aromatic rings. The van der Waals surface area contributed by atoms with Crippen molar-refractivity contribution in [2.24, 2.45) is 0 Å². The number of alkyl halides is 1. The molecule has 0 radical (unpaired) electrons. The Morgan fingerprint density at radius 3 is 2.43 bits per heavy atom. The number of carbonyl (C=O) groups excluding carboxylic acids is 1. The SMILES string of the molecule is CC1=C(c2ccccc2)C(=O)OC1Br. The third kappa shape index (κ3) is 1.48. The van der Waals surface area contributed by atoms with Crippen LogP contribution in [0.25, 0.3) is 5.57 Å². The Morgan fingerprint density at radius 1 is 1.29 bits per heavy atom. The molecule has 1 aliphatic heterocycles. The van der Waals surface area contributed by atoms with E-state index >= 15 is 0 Å². The summed E-state index contributed by atoms with van der Waals surface area (Å²) in [6, 6.07) is 9.55. The Kier molecular flexibility index (Phi) is 2.42. The molecule has 0 aromatic heterocycles. The minimum atomic E-state index is -0.273. The molecule has 1 aromatic carbocycles. The third-order valence-electron chi connectivity index (χ3n) is 2.21. The number of hydrogen-bond acceptors (Lipinski definition) is 2. The van der Waals surface area contributed by atoms with E-state index in [2.05, 4.69) is 15.9 Å². The van der Waals surface area contributed by atoms with Crippen molar-refractivity contribution >= 4 is 27.5 Å². The molecule has 72 valence electrons. The quantitative estimate of drug-likeness (QED) is 0.568. The van der Waals surface area contributed by atoms with Crippen LogP contribution in [-0.4, -0.2) is 11.0 Å².